The molecule has 0 aliphatic heterocycles. The van der Waals surface area contributed by atoms with Gasteiger partial charge in [0.1, 0.15) is 0 Å². The SMILES string of the molecule is CCCCCCCCOC(=O)/C=C/C(=O)c1ccc(C)cc1. The van der Waals surface area contributed by atoms with Crippen molar-refractivity contribution >= 4 is 11.8 Å². The molecule has 0 fully saturated rings. The fraction of sp³-hybridized carbons (Fsp3) is 0.474. The van der Waals surface area contributed by atoms with Crippen molar-refractivity contribution in [3.05, 3.63) is 47.5 Å². The zero-order valence-corrected chi connectivity index (χ0v) is 13.6. The summed E-state index contributed by atoms with van der Waals surface area (Å²) >= 11 is 0. The van der Waals surface area contributed by atoms with Gasteiger partial charge in [0.05, 0.1) is 6.61 Å². The highest BCUT2D eigenvalue weighted by Gasteiger charge is 2.03. The van der Waals surface area contributed by atoms with E-state index in [2.05, 4.69) is 6.92 Å². The summed E-state index contributed by atoms with van der Waals surface area (Å²) in [6.45, 7) is 4.57. The van der Waals surface area contributed by atoms with Crippen molar-refractivity contribution in [3.63, 3.8) is 0 Å². The van der Waals surface area contributed by atoms with Crippen LogP contribution in [0.1, 0.15) is 61.4 Å². The van der Waals surface area contributed by atoms with Gasteiger partial charge in [-0.3, -0.25) is 4.79 Å². The monoisotopic (exact) mass is 302 g/mol. The molecule has 0 saturated carbocycles. The third-order valence-corrected chi connectivity index (χ3v) is 3.45. The lowest BCUT2D eigenvalue weighted by molar-refractivity contribution is -0.137. The molecule has 120 valence electrons. The Morgan fingerprint density at radius 2 is 1.59 bits per heavy atom. The van der Waals surface area contributed by atoms with Crippen LogP contribution in [-0.4, -0.2) is 18.4 Å². The van der Waals surface area contributed by atoms with Crippen molar-refractivity contribution < 1.29 is 14.3 Å². The van der Waals surface area contributed by atoms with E-state index < -0.39 is 5.97 Å². The smallest absolute Gasteiger partial charge is 0.330 e. The highest BCUT2D eigenvalue weighted by molar-refractivity contribution is 6.06. The van der Waals surface area contributed by atoms with Gasteiger partial charge in [-0.05, 0) is 19.4 Å². The molecule has 0 bridgehead atoms. The van der Waals surface area contributed by atoms with Gasteiger partial charge in [-0.15, -0.1) is 0 Å². The molecule has 1 aromatic carbocycles. The van der Waals surface area contributed by atoms with E-state index in [0.29, 0.717) is 12.2 Å². The summed E-state index contributed by atoms with van der Waals surface area (Å²) in [4.78, 5) is 23.3. The third-order valence-electron chi connectivity index (χ3n) is 3.45. The zero-order chi connectivity index (χ0) is 16.2. The molecule has 0 radical (unpaired) electrons. The first-order valence-electron chi connectivity index (χ1n) is 8.09. The van der Waals surface area contributed by atoms with Gasteiger partial charge in [-0.1, -0.05) is 68.9 Å². The second-order valence-electron chi connectivity index (χ2n) is 5.50. The molecule has 1 rings (SSSR count). The topological polar surface area (TPSA) is 43.4 Å². The Labute approximate surface area is 133 Å². The largest absolute Gasteiger partial charge is 0.463 e. The molecule has 0 heterocycles. The van der Waals surface area contributed by atoms with Crippen LogP contribution in [0.25, 0.3) is 0 Å². The molecule has 22 heavy (non-hydrogen) atoms. The summed E-state index contributed by atoms with van der Waals surface area (Å²) in [5, 5.41) is 0. The van der Waals surface area contributed by atoms with Crippen molar-refractivity contribution in [1.29, 1.82) is 0 Å². The molecule has 1 aromatic rings. The minimum atomic E-state index is -0.450. The summed E-state index contributed by atoms with van der Waals surface area (Å²) in [5.41, 5.74) is 1.67. The molecule has 0 spiro atoms. The van der Waals surface area contributed by atoms with E-state index in [1.54, 1.807) is 12.1 Å². The third kappa shape index (κ3) is 7.77. The molecule has 0 amide bonds. The first kappa shape index (κ1) is 18.1. The van der Waals surface area contributed by atoms with Crippen LogP contribution >= 0.6 is 0 Å². The molecule has 3 nitrogen and oxygen atoms in total. The minimum Gasteiger partial charge on any atom is -0.463 e. The van der Waals surface area contributed by atoms with Crippen molar-refractivity contribution in [2.45, 2.75) is 52.4 Å². The predicted octanol–water partition coefficient (Wildman–Crippen LogP) is 4.64. The first-order valence-corrected chi connectivity index (χ1v) is 8.09. The number of ether oxygens (including phenoxy) is 1. The molecule has 0 N–H and O–H groups in total. The molecule has 0 unspecified atom stereocenters. The van der Waals surface area contributed by atoms with Crippen LogP contribution in [-0.2, 0) is 9.53 Å². The summed E-state index contributed by atoms with van der Waals surface area (Å²) in [7, 11) is 0. The molecule has 3 heteroatoms. The Morgan fingerprint density at radius 3 is 2.27 bits per heavy atom. The molecular formula is C19H26O3. The quantitative estimate of drug-likeness (QED) is 0.274. The summed E-state index contributed by atoms with van der Waals surface area (Å²) in [6.07, 6.45) is 9.38. The number of esters is 1. The number of carbonyl (C=O) groups is 2. The Balaban J connectivity index is 2.21. The van der Waals surface area contributed by atoms with Crippen LogP contribution in [0.5, 0.6) is 0 Å². The van der Waals surface area contributed by atoms with Crippen LogP contribution in [0.15, 0.2) is 36.4 Å². The van der Waals surface area contributed by atoms with E-state index in [4.69, 9.17) is 4.74 Å². The van der Waals surface area contributed by atoms with E-state index in [1.165, 1.54) is 37.8 Å². The van der Waals surface area contributed by atoms with E-state index in [-0.39, 0.29) is 5.78 Å². The summed E-state index contributed by atoms with van der Waals surface area (Å²) in [6, 6.07) is 7.25. The van der Waals surface area contributed by atoms with Crippen LogP contribution in [0.2, 0.25) is 0 Å². The van der Waals surface area contributed by atoms with Gasteiger partial charge in [-0.25, -0.2) is 4.79 Å². The predicted molar refractivity (Wildman–Crippen MR) is 89.0 cm³/mol. The van der Waals surface area contributed by atoms with Crippen LogP contribution < -0.4 is 0 Å². The summed E-state index contributed by atoms with van der Waals surface area (Å²) in [5.74, 6) is -0.634. The lowest BCUT2D eigenvalue weighted by Crippen LogP contribution is -2.04. The number of hydrogen-bond donors (Lipinski definition) is 0. The number of hydrogen-bond acceptors (Lipinski definition) is 3. The maximum Gasteiger partial charge on any atom is 0.330 e. The van der Waals surface area contributed by atoms with E-state index in [1.807, 2.05) is 19.1 Å². The number of ketones is 1. The normalized spacial score (nSPS) is 10.8. The second kappa shape index (κ2) is 10.8. The fourth-order valence-electron chi connectivity index (χ4n) is 2.06. The average molecular weight is 302 g/mol. The van der Waals surface area contributed by atoms with Gasteiger partial charge < -0.3 is 4.74 Å². The van der Waals surface area contributed by atoms with Gasteiger partial charge in [0, 0.05) is 11.6 Å². The standard InChI is InChI=1S/C19H26O3/c1-3-4-5-6-7-8-15-22-19(21)14-13-18(20)17-11-9-16(2)10-12-17/h9-14H,3-8,15H2,1-2H3/b14-13+. The van der Waals surface area contributed by atoms with Crippen molar-refractivity contribution in [2.75, 3.05) is 6.61 Å². The van der Waals surface area contributed by atoms with Crippen molar-refractivity contribution in [2.24, 2.45) is 0 Å². The number of rotatable bonds is 10. The van der Waals surface area contributed by atoms with Gasteiger partial charge >= 0.3 is 5.97 Å². The molecule has 0 saturated heterocycles. The van der Waals surface area contributed by atoms with E-state index in [0.717, 1.165) is 18.4 Å². The van der Waals surface area contributed by atoms with E-state index in [9.17, 15) is 9.59 Å². The molecule has 0 aliphatic carbocycles. The van der Waals surface area contributed by atoms with Crippen LogP contribution in [0.3, 0.4) is 0 Å². The van der Waals surface area contributed by atoms with Crippen LogP contribution in [0.4, 0.5) is 0 Å². The number of aryl methyl sites for hydroxylation is 1. The van der Waals surface area contributed by atoms with E-state index >= 15 is 0 Å². The molecule has 0 atom stereocenters. The number of allylic oxidation sites excluding steroid dienone is 1. The Kier molecular flexibility index (Phi) is 8.89. The average Bonchev–Trinajstić information content (AvgIpc) is 2.52. The fourth-order valence-corrected chi connectivity index (χ4v) is 2.06. The maximum absolute atomic E-state index is 11.8. The number of benzene rings is 1. The number of carbonyl (C=O) groups excluding carboxylic acids is 2. The van der Waals surface area contributed by atoms with Crippen LogP contribution in [0, 0.1) is 6.92 Å². The molecule has 0 aromatic heterocycles. The second-order valence-corrected chi connectivity index (χ2v) is 5.50. The lowest BCUT2D eigenvalue weighted by atomic mass is 10.1. The van der Waals surface area contributed by atoms with Gasteiger partial charge in [0.25, 0.3) is 0 Å². The zero-order valence-electron chi connectivity index (χ0n) is 13.6. The van der Waals surface area contributed by atoms with Crippen molar-refractivity contribution in [3.8, 4) is 0 Å². The first-order chi connectivity index (χ1) is 10.6. The van der Waals surface area contributed by atoms with Crippen molar-refractivity contribution in [1.82, 2.24) is 0 Å². The number of unbranched alkanes of at least 4 members (excludes halogenated alkanes) is 5. The highest BCUT2D eigenvalue weighted by atomic mass is 16.5. The Morgan fingerprint density at radius 1 is 0.955 bits per heavy atom. The Bertz CT molecular complexity index is 486. The minimum absolute atomic E-state index is 0.184. The maximum atomic E-state index is 11.8. The lowest BCUT2D eigenvalue weighted by Gasteiger charge is -2.02. The van der Waals surface area contributed by atoms with Gasteiger partial charge in [0.15, 0.2) is 5.78 Å². The Hall–Kier alpha value is -1.90. The van der Waals surface area contributed by atoms with Gasteiger partial charge in [-0.2, -0.15) is 0 Å². The van der Waals surface area contributed by atoms with Gasteiger partial charge in [0.2, 0.25) is 0 Å². The molecule has 0 aliphatic rings. The summed E-state index contributed by atoms with van der Waals surface area (Å²) < 4.78 is 5.08. The molecular weight excluding hydrogens is 276 g/mol. The highest BCUT2D eigenvalue weighted by Crippen LogP contribution is 2.06.